The maximum Gasteiger partial charge on any atom is 0.251 e. The molecule has 1 amide bonds. The van der Waals surface area contributed by atoms with Crippen LogP contribution in [-0.4, -0.2) is 38.4 Å². The van der Waals surface area contributed by atoms with E-state index in [2.05, 4.69) is 46.1 Å². The molecule has 0 spiro atoms. The van der Waals surface area contributed by atoms with Gasteiger partial charge in [-0.1, -0.05) is 42.0 Å². The number of carbonyl (C=O) groups is 1. The monoisotopic (exact) mass is 483 g/mol. The Bertz CT molecular complexity index is 1190. The Morgan fingerprint density at radius 2 is 1.85 bits per heavy atom. The number of carbonyl (C=O) groups excluding carboxylic acids is 1. The number of sulfonamides is 1. The second-order valence-corrected chi connectivity index (χ2v) is 11.2. The summed E-state index contributed by atoms with van der Waals surface area (Å²) in [5, 5.41) is 4.99. The van der Waals surface area contributed by atoms with Crippen LogP contribution in [0.3, 0.4) is 0 Å². The Morgan fingerprint density at radius 1 is 1.06 bits per heavy atom. The van der Waals surface area contributed by atoms with E-state index in [4.69, 9.17) is 0 Å². The van der Waals surface area contributed by atoms with E-state index in [9.17, 15) is 13.2 Å². The number of thiophene rings is 1. The quantitative estimate of drug-likeness (QED) is 0.509. The van der Waals surface area contributed by atoms with Crippen molar-refractivity contribution in [3.8, 4) is 0 Å². The summed E-state index contributed by atoms with van der Waals surface area (Å²) in [6.07, 6.45) is 1.75. The van der Waals surface area contributed by atoms with Gasteiger partial charge in [0.1, 0.15) is 0 Å². The third kappa shape index (κ3) is 6.51. The molecule has 2 aromatic carbocycles. The summed E-state index contributed by atoms with van der Waals surface area (Å²) < 4.78 is 27.9. The Labute approximate surface area is 199 Å². The predicted octanol–water partition coefficient (Wildman–Crippen LogP) is 3.93. The summed E-state index contributed by atoms with van der Waals surface area (Å²) in [5.41, 5.74) is 2.93. The summed E-state index contributed by atoms with van der Waals surface area (Å²) in [4.78, 5) is 16.2. The van der Waals surface area contributed by atoms with Crippen molar-refractivity contribution >= 4 is 27.3 Å². The lowest BCUT2D eigenvalue weighted by atomic mass is 10.0. The van der Waals surface area contributed by atoms with Crippen LogP contribution in [0.5, 0.6) is 0 Å². The number of benzene rings is 2. The van der Waals surface area contributed by atoms with Crippen molar-refractivity contribution < 1.29 is 13.2 Å². The topological polar surface area (TPSA) is 78.5 Å². The minimum atomic E-state index is -3.70. The van der Waals surface area contributed by atoms with E-state index < -0.39 is 10.0 Å². The second kappa shape index (κ2) is 10.6. The molecule has 33 heavy (non-hydrogen) atoms. The van der Waals surface area contributed by atoms with Crippen LogP contribution in [0, 0.1) is 6.92 Å². The smallest absolute Gasteiger partial charge is 0.251 e. The highest BCUT2D eigenvalue weighted by Gasteiger charge is 2.22. The van der Waals surface area contributed by atoms with Crippen LogP contribution in [-0.2, 0) is 23.1 Å². The number of piperidine rings is 1. The largest absolute Gasteiger partial charge is 0.349 e. The average molecular weight is 484 g/mol. The van der Waals surface area contributed by atoms with Crippen LogP contribution < -0.4 is 10.0 Å². The fraction of sp³-hybridized carbons (Fsp3) is 0.320. The highest BCUT2D eigenvalue weighted by Crippen LogP contribution is 2.17. The number of aryl methyl sites for hydroxylation is 1. The minimum absolute atomic E-state index is 0.0866. The Hall–Kier alpha value is -2.52. The molecule has 8 heteroatoms. The highest BCUT2D eigenvalue weighted by atomic mass is 32.2. The van der Waals surface area contributed by atoms with Crippen LogP contribution in [0.1, 0.15) is 39.2 Å². The highest BCUT2D eigenvalue weighted by molar-refractivity contribution is 7.89. The molecule has 4 rings (SSSR count). The van der Waals surface area contributed by atoms with Crippen LogP contribution in [0.25, 0.3) is 0 Å². The van der Waals surface area contributed by atoms with Crippen molar-refractivity contribution in [3.63, 3.8) is 0 Å². The van der Waals surface area contributed by atoms with E-state index in [1.165, 1.54) is 34.6 Å². The third-order valence-corrected chi connectivity index (χ3v) is 8.11. The van der Waals surface area contributed by atoms with Gasteiger partial charge in [-0.25, -0.2) is 13.1 Å². The maximum atomic E-state index is 12.8. The molecule has 0 atom stereocenters. The summed E-state index contributed by atoms with van der Waals surface area (Å²) in [7, 11) is -3.70. The molecule has 3 aromatic rings. The normalized spacial score (nSPS) is 15.4. The molecular formula is C25H29N3O3S2. The fourth-order valence-electron chi connectivity index (χ4n) is 4.04. The van der Waals surface area contributed by atoms with E-state index in [-0.39, 0.29) is 23.4 Å². The molecule has 1 aromatic heterocycles. The van der Waals surface area contributed by atoms with E-state index in [0.717, 1.165) is 37.4 Å². The first-order valence-corrected chi connectivity index (χ1v) is 13.5. The molecule has 2 N–H and O–H groups in total. The third-order valence-electron chi connectivity index (χ3n) is 5.83. The van der Waals surface area contributed by atoms with Gasteiger partial charge in [-0.15, -0.1) is 11.3 Å². The lowest BCUT2D eigenvalue weighted by Gasteiger charge is -2.32. The fourth-order valence-corrected chi connectivity index (χ4v) is 5.83. The van der Waals surface area contributed by atoms with Gasteiger partial charge in [0.05, 0.1) is 4.90 Å². The predicted molar refractivity (Wildman–Crippen MR) is 132 cm³/mol. The number of hydrogen-bond donors (Lipinski definition) is 2. The zero-order valence-corrected chi connectivity index (χ0v) is 20.3. The molecule has 0 unspecified atom stereocenters. The van der Waals surface area contributed by atoms with Crippen LogP contribution in [0.2, 0.25) is 0 Å². The van der Waals surface area contributed by atoms with Crippen LogP contribution in [0.4, 0.5) is 0 Å². The first-order valence-electron chi connectivity index (χ1n) is 11.1. The van der Waals surface area contributed by atoms with Crippen molar-refractivity contribution in [2.75, 3.05) is 13.1 Å². The first kappa shape index (κ1) is 23.6. The molecule has 0 aliphatic carbocycles. The Morgan fingerprint density at radius 3 is 2.58 bits per heavy atom. The zero-order valence-electron chi connectivity index (χ0n) is 18.7. The van der Waals surface area contributed by atoms with Gasteiger partial charge in [-0.05, 0) is 55.0 Å². The van der Waals surface area contributed by atoms with E-state index in [0.29, 0.717) is 5.56 Å². The van der Waals surface area contributed by atoms with Gasteiger partial charge >= 0.3 is 0 Å². The molecule has 0 radical (unpaired) electrons. The van der Waals surface area contributed by atoms with Gasteiger partial charge in [0.25, 0.3) is 5.91 Å². The number of rotatable bonds is 8. The number of amides is 1. The van der Waals surface area contributed by atoms with Crippen LogP contribution in [0.15, 0.2) is 70.9 Å². The van der Waals surface area contributed by atoms with Gasteiger partial charge in [-0.2, -0.15) is 0 Å². The van der Waals surface area contributed by atoms with Crippen molar-refractivity contribution in [2.24, 2.45) is 0 Å². The minimum Gasteiger partial charge on any atom is -0.349 e. The van der Waals surface area contributed by atoms with Gasteiger partial charge in [-0.3, -0.25) is 9.69 Å². The van der Waals surface area contributed by atoms with E-state index in [1.807, 2.05) is 17.5 Å². The number of nitrogens with zero attached hydrogens (tertiary/aromatic N) is 1. The van der Waals surface area contributed by atoms with Crippen molar-refractivity contribution in [3.05, 3.63) is 87.6 Å². The number of hydrogen-bond acceptors (Lipinski definition) is 5. The molecule has 0 bridgehead atoms. The SMILES string of the molecule is Cc1cccc(CN2CCC(NC(=O)c3cccc(S(=O)(=O)NCc4cccs4)c3)CC2)c1. The zero-order chi connectivity index (χ0) is 23.3. The van der Waals surface area contributed by atoms with Crippen molar-refractivity contribution in [2.45, 2.75) is 43.8 Å². The average Bonchev–Trinajstić information content (AvgIpc) is 3.33. The van der Waals surface area contributed by atoms with Gasteiger partial charge < -0.3 is 5.32 Å². The van der Waals surface area contributed by atoms with Gasteiger partial charge in [0.2, 0.25) is 10.0 Å². The molecule has 0 saturated carbocycles. The van der Waals surface area contributed by atoms with Gasteiger partial charge in [0.15, 0.2) is 0 Å². The van der Waals surface area contributed by atoms with E-state index >= 15 is 0 Å². The molecule has 1 fully saturated rings. The molecular weight excluding hydrogens is 454 g/mol. The second-order valence-electron chi connectivity index (χ2n) is 8.44. The summed E-state index contributed by atoms with van der Waals surface area (Å²) in [6, 6.07) is 18.6. The molecule has 174 valence electrons. The van der Waals surface area contributed by atoms with Crippen molar-refractivity contribution in [1.29, 1.82) is 0 Å². The Balaban J connectivity index is 1.31. The van der Waals surface area contributed by atoms with Crippen LogP contribution >= 0.6 is 11.3 Å². The lowest BCUT2D eigenvalue weighted by molar-refractivity contribution is 0.0908. The molecule has 1 aliphatic heterocycles. The lowest BCUT2D eigenvalue weighted by Crippen LogP contribution is -2.44. The van der Waals surface area contributed by atoms with E-state index in [1.54, 1.807) is 12.1 Å². The van der Waals surface area contributed by atoms with Gasteiger partial charge in [0, 0.05) is 42.7 Å². The molecule has 1 aliphatic rings. The first-order chi connectivity index (χ1) is 15.9. The summed E-state index contributed by atoms with van der Waals surface area (Å²) in [5.74, 6) is -0.234. The summed E-state index contributed by atoms with van der Waals surface area (Å²) in [6.45, 7) is 5.09. The number of likely N-dealkylation sites (tertiary alicyclic amines) is 1. The molecule has 2 heterocycles. The number of nitrogens with one attached hydrogen (secondary N) is 2. The van der Waals surface area contributed by atoms with Crippen molar-refractivity contribution in [1.82, 2.24) is 14.9 Å². The Kier molecular flexibility index (Phi) is 7.60. The maximum absolute atomic E-state index is 12.8. The molecule has 6 nitrogen and oxygen atoms in total. The standard InChI is InChI=1S/C25H29N3O3S2/c1-19-5-2-6-20(15-19)18-28-12-10-22(11-13-28)27-25(29)21-7-3-9-24(16-21)33(30,31)26-17-23-8-4-14-32-23/h2-9,14-16,22,26H,10-13,17-18H2,1H3,(H,27,29). The summed E-state index contributed by atoms with van der Waals surface area (Å²) >= 11 is 1.49. The molecule has 1 saturated heterocycles.